The first-order valence-electron chi connectivity index (χ1n) is 7.40. The van der Waals surface area contributed by atoms with Crippen LogP contribution in [0.4, 0.5) is 5.69 Å². The van der Waals surface area contributed by atoms with Crippen LogP contribution in [0.2, 0.25) is 0 Å². The van der Waals surface area contributed by atoms with Crippen LogP contribution in [0.3, 0.4) is 0 Å². The van der Waals surface area contributed by atoms with Gasteiger partial charge in [-0.2, -0.15) is 0 Å². The molecule has 0 spiro atoms. The third-order valence-electron chi connectivity index (χ3n) is 4.31. The van der Waals surface area contributed by atoms with E-state index in [1.807, 2.05) is 25.1 Å². The van der Waals surface area contributed by atoms with Crippen LogP contribution in [0.15, 0.2) is 18.2 Å². The van der Waals surface area contributed by atoms with Crippen LogP contribution < -0.4 is 16.6 Å². The van der Waals surface area contributed by atoms with Crippen molar-refractivity contribution in [2.45, 2.75) is 46.0 Å². The summed E-state index contributed by atoms with van der Waals surface area (Å²) in [7, 11) is 0. The molecule has 0 saturated heterocycles. The Labute approximate surface area is 121 Å². The van der Waals surface area contributed by atoms with Gasteiger partial charge in [0.25, 0.3) is 5.91 Å². The number of nitrogens with two attached hydrogens (primary N) is 1. The van der Waals surface area contributed by atoms with Gasteiger partial charge in [0.1, 0.15) is 0 Å². The van der Waals surface area contributed by atoms with Crippen LogP contribution in [0, 0.1) is 12.3 Å². The van der Waals surface area contributed by atoms with Crippen LogP contribution in [-0.2, 0) is 0 Å². The number of hydrogen-bond donors (Lipinski definition) is 3. The maximum atomic E-state index is 12.3. The van der Waals surface area contributed by atoms with Crippen molar-refractivity contribution >= 4 is 11.6 Å². The van der Waals surface area contributed by atoms with Crippen molar-refractivity contribution in [1.82, 2.24) is 5.32 Å². The molecule has 1 fully saturated rings. The molecule has 1 aliphatic rings. The van der Waals surface area contributed by atoms with E-state index < -0.39 is 0 Å². The topological polar surface area (TPSA) is 67.2 Å². The Morgan fingerprint density at radius 3 is 2.65 bits per heavy atom. The second-order valence-electron chi connectivity index (χ2n) is 6.25. The van der Waals surface area contributed by atoms with Crippen molar-refractivity contribution in [2.24, 2.45) is 11.3 Å². The molecule has 4 nitrogen and oxygen atoms in total. The molecule has 0 heterocycles. The average Bonchev–Trinajstić information content (AvgIpc) is 2.45. The quantitative estimate of drug-likeness (QED) is 0.584. The molecule has 1 amide bonds. The Kier molecular flexibility index (Phi) is 4.65. The minimum Gasteiger partial charge on any atom is -0.351 e. The Morgan fingerprint density at radius 1 is 1.30 bits per heavy atom. The van der Waals surface area contributed by atoms with Gasteiger partial charge in [-0.15, -0.1) is 0 Å². The summed E-state index contributed by atoms with van der Waals surface area (Å²) >= 11 is 0. The van der Waals surface area contributed by atoms with E-state index >= 15 is 0 Å². The third-order valence-corrected chi connectivity index (χ3v) is 4.31. The Bertz CT molecular complexity index is 479. The molecule has 1 aromatic carbocycles. The molecule has 2 rings (SSSR count). The number of rotatable bonds is 4. The minimum absolute atomic E-state index is 0.0512. The zero-order valence-corrected chi connectivity index (χ0v) is 12.5. The number of aryl methyl sites for hydroxylation is 1. The maximum Gasteiger partial charge on any atom is 0.253 e. The summed E-state index contributed by atoms with van der Waals surface area (Å²) in [5.41, 5.74) is 5.21. The predicted molar refractivity (Wildman–Crippen MR) is 82.5 cm³/mol. The number of amides is 1. The summed E-state index contributed by atoms with van der Waals surface area (Å²) in [6.07, 6.45) is 6.26. The van der Waals surface area contributed by atoms with Crippen LogP contribution in [-0.4, -0.2) is 12.5 Å². The molecule has 1 saturated carbocycles. The van der Waals surface area contributed by atoms with Crippen molar-refractivity contribution < 1.29 is 4.79 Å². The van der Waals surface area contributed by atoms with Gasteiger partial charge in [-0.25, -0.2) is 0 Å². The summed E-state index contributed by atoms with van der Waals surface area (Å²) in [5, 5.41) is 3.07. The minimum atomic E-state index is -0.0512. The third kappa shape index (κ3) is 3.51. The van der Waals surface area contributed by atoms with Crippen molar-refractivity contribution in [3.63, 3.8) is 0 Å². The van der Waals surface area contributed by atoms with Crippen LogP contribution >= 0.6 is 0 Å². The highest BCUT2D eigenvalue weighted by Crippen LogP contribution is 2.35. The molecule has 0 atom stereocenters. The standard InChI is InChI=1S/C16H25N3O/c1-12-6-7-13(14(10-12)19-17)15(20)18-11-16(2)8-4-3-5-9-16/h6-7,10,19H,3-5,8-9,11,17H2,1-2H3,(H,18,20). The van der Waals surface area contributed by atoms with Crippen LogP contribution in [0.5, 0.6) is 0 Å². The molecule has 0 unspecified atom stereocenters. The molecule has 4 N–H and O–H groups in total. The van der Waals surface area contributed by atoms with E-state index in [4.69, 9.17) is 5.84 Å². The lowest BCUT2D eigenvalue weighted by atomic mass is 9.76. The van der Waals surface area contributed by atoms with Crippen molar-refractivity contribution in [3.05, 3.63) is 29.3 Å². The second-order valence-corrected chi connectivity index (χ2v) is 6.25. The smallest absolute Gasteiger partial charge is 0.253 e. The Hall–Kier alpha value is -1.55. The van der Waals surface area contributed by atoms with E-state index in [0.717, 1.165) is 12.1 Å². The number of carbonyl (C=O) groups excluding carboxylic acids is 1. The van der Waals surface area contributed by atoms with E-state index in [9.17, 15) is 4.79 Å². The molecular weight excluding hydrogens is 250 g/mol. The van der Waals surface area contributed by atoms with E-state index in [0.29, 0.717) is 11.3 Å². The zero-order valence-electron chi connectivity index (χ0n) is 12.5. The van der Waals surface area contributed by atoms with E-state index in [2.05, 4.69) is 17.7 Å². The van der Waals surface area contributed by atoms with Gasteiger partial charge in [0.05, 0.1) is 11.3 Å². The lowest BCUT2D eigenvalue weighted by molar-refractivity contribution is 0.0920. The molecule has 0 radical (unpaired) electrons. The van der Waals surface area contributed by atoms with Gasteiger partial charge in [0.15, 0.2) is 0 Å². The van der Waals surface area contributed by atoms with Gasteiger partial charge in [-0.3, -0.25) is 10.6 Å². The molecule has 0 bridgehead atoms. The molecular formula is C16H25N3O. The van der Waals surface area contributed by atoms with E-state index in [1.165, 1.54) is 32.1 Å². The molecule has 1 aromatic rings. The second kappa shape index (κ2) is 6.27. The molecule has 1 aliphatic carbocycles. The van der Waals surface area contributed by atoms with E-state index in [-0.39, 0.29) is 11.3 Å². The van der Waals surface area contributed by atoms with Gasteiger partial charge in [0.2, 0.25) is 0 Å². The largest absolute Gasteiger partial charge is 0.351 e. The van der Waals surface area contributed by atoms with Gasteiger partial charge >= 0.3 is 0 Å². The summed E-state index contributed by atoms with van der Waals surface area (Å²) in [4.78, 5) is 12.3. The molecule has 0 aliphatic heterocycles. The SMILES string of the molecule is Cc1ccc(C(=O)NCC2(C)CCCCC2)c(NN)c1. The zero-order chi connectivity index (χ0) is 14.6. The number of benzene rings is 1. The lowest BCUT2D eigenvalue weighted by Crippen LogP contribution is -2.37. The van der Waals surface area contributed by atoms with Gasteiger partial charge in [-0.1, -0.05) is 32.3 Å². The first-order chi connectivity index (χ1) is 9.54. The highest BCUT2D eigenvalue weighted by Gasteiger charge is 2.27. The Morgan fingerprint density at radius 2 is 2.00 bits per heavy atom. The first-order valence-corrected chi connectivity index (χ1v) is 7.40. The monoisotopic (exact) mass is 275 g/mol. The van der Waals surface area contributed by atoms with Gasteiger partial charge in [0, 0.05) is 6.54 Å². The average molecular weight is 275 g/mol. The summed E-state index contributed by atoms with van der Waals surface area (Å²) in [6.45, 7) is 4.99. The number of hydrazine groups is 1. The van der Waals surface area contributed by atoms with Crippen LogP contribution in [0.1, 0.15) is 54.9 Å². The summed E-state index contributed by atoms with van der Waals surface area (Å²) in [6, 6.07) is 5.64. The number of nitrogen functional groups attached to an aromatic ring is 1. The fourth-order valence-corrected chi connectivity index (χ4v) is 2.95. The summed E-state index contributed by atoms with van der Waals surface area (Å²) in [5.74, 6) is 5.44. The molecule has 20 heavy (non-hydrogen) atoms. The van der Waals surface area contributed by atoms with Gasteiger partial charge in [-0.05, 0) is 42.9 Å². The highest BCUT2D eigenvalue weighted by molar-refractivity contribution is 5.99. The van der Waals surface area contributed by atoms with Crippen molar-refractivity contribution in [2.75, 3.05) is 12.0 Å². The number of hydrogen-bond acceptors (Lipinski definition) is 3. The van der Waals surface area contributed by atoms with Gasteiger partial charge < -0.3 is 10.7 Å². The molecule has 110 valence electrons. The van der Waals surface area contributed by atoms with E-state index in [1.54, 1.807) is 0 Å². The molecule has 4 heteroatoms. The molecule has 0 aromatic heterocycles. The summed E-state index contributed by atoms with van der Waals surface area (Å²) < 4.78 is 0. The van der Waals surface area contributed by atoms with Crippen molar-refractivity contribution in [3.8, 4) is 0 Å². The van der Waals surface area contributed by atoms with Crippen LogP contribution in [0.25, 0.3) is 0 Å². The number of anilines is 1. The fourth-order valence-electron chi connectivity index (χ4n) is 2.95. The normalized spacial score (nSPS) is 17.6. The number of nitrogens with one attached hydrogen (secondary N) is 2. The maximum absolute atomic E-state index is 12.3. The Balaban J connectivity index is 2.01. The van der Waals surface area contributed by atoms with Crippen molar-refractivity contribution in [1.29, 1.82) is 0 Å². The lowest BCUT2D eigenvalue weighted by Gasteiger charge is -2.33. The number of carbonyl (C=O) groups is 1. The fraction of sp³-hybridized carbons (Fsp3) is 0.562. The first kappa shape index (κ1) is 14.9. The predicted octanol–water partition coefficient (Wildman–Crippen LogP) is 2.98. The highest BCUT2D eigenvalue weighted by atomic mass is 16.1.